The van der Waals surface area contributed by atoms with Crippen molar-refractivity contribution >= 4 is 35.0 Å². The first-order valence-corrected chi connectivity index (χ1v) is 18.5. The van der Waals surface area contributed by atoms with E-state index in [2.05, 4.69) is 40.2 Å². The van der Waals surface area contributed by atoms with Crippen molar-refractivity contribution in [1.29, 1.82) is 0 Å². The van der Waals surface area contributed by atoms with E-state index >= 15 is 0 Å². The molecule has 13 nitrogen and oxygen atoms in total. The summed E-state index contributed by atoms with van der Waals surface area (Å²) in [5, 5.41) is 18.2. The number of nitrogens with zero attached hydrogens (tertiary/aromatic N) is 5. The van der Waals surface area contributed by atoms with Crippen molar-refractivity contribution in [2.24, 2.45) is 0 Å². The minimum atomic E-state index is -4.74. The molecule has 300 valence electrons. The third kappa shape index (κ3) is 11.3. The minimum Gasteiger partial charge on any atom is -0.475 e. The molecule has 6 aromatic rings. The molecule has 18 heteroatoms. The second-order valence-electron chi connectivity index (χ2n) is 12.6. The minimum absolute atomic E-state index is 0.00215. The summed E-state index contributed by atoms with van der Waals surface area (Å²) in [4.78, 5) is 41.0. The van der Waals surface area contributed by atoms with Crippen LogP contribution in [-0.4, -0.2) is 61.3 Å². The van der Waals surface area contributed by atoms with Crippen molar-refractivity contribution < 1.29 is 41.9 Å². The Morgan fingerprint density at radius 3 is 1.91 bits per heavy atom. The summed E-state index contributed by atoms with van der Waals surface area (Å²) in [5.41, 5.74) is 4.20. The fourth-order valence-electron chi connectivity index (χ4n) is 5.30. The van der Waals surface area contributed by atoms with Crippen LogP contribution < -0.4 is 20.1 Å². The summed E-state index contributed by atoms with van der Waals surface area (Å²) in [6.07, 6.45) is 3.19. The summed E-state index contributed by atoms with van der Waals surface area (Å²) in [7, 11) is 0. The van der Waals surface area contributed by atoms with Gasteiger partial charge in [-0.1, -0.05) is 58.7 Å². The molecule has 2 amide bonds. The summed E-state index contributed by atoms with van der Waals surface area (Å²) < 4.78 is 53.4. The number of carbonyl (C=O) groups is 2. The molecule has 0 radical (unpaired) electrons. The molecular formula is C40H34Cl2F3N7O6. The maximum Gasteiger partial charge on any atom is 0.455 e. The average molecular weight is 837 g/mol. The van der Waals surface area contributed by atoms with E-state index in [0.29, 0.717) is 39.2 Å². The zero-order chi connectivity index (χ0) is 41.1. The molecule has 1 aliphatic carbocycles. The molecule has 4 heterocycles. The third-order valence-electron chi connectivity index (χ3n) is 8.48. The third-order valence-corrected chi connectivity index (χ3v) is 8.98. The predicted molar refractivity (Wildman–Crippen MR) is 206 cm³/mol. The number of nitrogens with one attached hydrogen (secondary N) is 2. The number of aromatic nitrogens is 5. The molecule has 58 heavy (non-hydrogen) atoms. The lowest BCUT2D eigenvalue weighted by Crippen LogP contribution is -2.26. The lowest BCUT2D eigenvalue weighted by atomic mass is 9.96. The van der Waals surface area contributed by atoms with Gasteiger partial charge in [-0.2, -0.15) is 18.2 Å². The number of pyridine rings is 3. The maximum atomic E-state index is 12.6. The van der Waals surface area contributed by atoms with E-state index in [-0.39, 0.29) is 36.7 Å². The number of rotatable bonds is 13. The number of carbonyl (C=O) groups excluding carboxylic acids is 2. The SMILES string of the molecule is O=C(NCc1ccccn1)c1cnc(OC2CCC2)c(-c2ccc(Cl)cc2)c1.O=C(NCc1nc(C(F)(F)F)no1)c1cnc(OCCO)c(-c2ccc(Cl)cc2)c1. The molecule has 1 saturated carbocycles. The molecule has 1 aliphatic rings. The Balaban J connectivity index is 0.000000196. The highest BCUT2D eigenvalue weighted by molar-refractivity contribution is 6.31. The van der Waals surface area contributed by atoms with Gasteiger partial charge in [0.2, 0.25) is 17.7 Å². The summed E-state index contributed by atoms with van der Waals surface area (Å²) in [5.74, 6) is -1.92. The second-order valence-corrected chi connectivity index (χ2v) is 13.5. The molecule has 7 rings (SSSR count). The van der Waals surface area contributed by atoms with E-state index < -0.39 is 30.3 Å². The van der Waals surface area contributed by atoms with Gasteiger partial charge in [0.15, 0.2) is 0 Å². The van der Waals surface area contributed by atoms with E-state index in [0.717, 1.165) is 29.7 Å². The van der Waals surface area contributed by atoms with Crippen LogP contribution in [-0.2, 0) is 19.3 Å². The Morgan fingerprint density at radius 1 is 0.810 bits per heavy atom. The Labute approximate surface area is 339 Å². The molecule has 0 saturated heterocycles. The zero-order valence-corrected chi connectivity index (χ0v) is 31.9. The van der Waals surface area contributed by atoms with Gasteiger partial charge in [0.25, 0.3) is 17.6 Å². The fourth-order valence-corrected chi connectivity index (χ4v) is 5.55. The quantitative estimate of drug-likeness (QED) is 0.104. The van der Waals surface area contributed by atoms with E-state index in [1.807, 2.05) is 48.5 Å². The largest absolute Gasteiger partial charge is 0.475 e. The van der Waals surface area contributed by atoms with Crippen molar-refractivity contribution in [3.63, 3.8) is 0 Å². The Hall–Kier alpha value is -6.10. The van der Waals surface area contributed by atoms with Crippen LogP contribution in [0.4, 0.5) is 13.2 Å². The van der Waals surface area contributed by atoms with Crippen molar-refractivity contribution in [2.45, 2.75) is 44.6 Å². The van der Waals surface area contributed by atoms with Crippen LogP contribution in [0, 0.1) is 0 Å². The van der Waals surface area contributed by atoms with Crippen LogP contribution in [0.15, 0.2) is 102 Å². The van der Waals surface area contributed by atoms with E-state index in [4.69, 9.17) is 37.8 Å². The highest BCUT2D eigenvalue weighted by atomic mass is 35.5. The summed E-state index contributed by atoms with van der Waals surface area (Å²) in [6, 6.07) is 23.0. The molecular weight excluding hydrogens is 802 g/mol. The van der Waals surface area contributed by atoms with Gasteiger partial charge in [0, 0.05) is 39.8 Å². The number of aliphatic hydroxyl groups excluding tert-OH is 1. The van der Waals surface area contributed by atoms with Gasteiger partial charge in [-0.25, -0.2) is 9.97 Å². The van der Waals surface area contributed by atoms with Crippen LogP contribution in [0.25, 0.3) is 22.3 Å². The number of aliphatic hydroxyl groups is 1. The smallest absolute Gasteiger partial charge is 0.455 e. The van der Waals surface area contributed by atoms with Crippen LogP contribution in [0.5, 0.6) is 11.8 Å². The summed E-state index contributed by atoms with van der Waals surface area (Å²) in [6.45, 7) is -0.275. The first-order chi connectivity index (χ1) is 28.0. The van der Waals surface area contributed by atoms with Gasteiger partial charge in [-0.15, -0.1) is 0 Å². The number of amides is 2. The molecule has 2 aromatic carbocycles. The molecule has 0 unspecified atom stereocenters. The van der Waals surface area contributed by atoms with E-state index in [9.17, 15) is 22.8 Å². The topological polar surface area (TPSA) is 174 Å². The van der Waals surface area contributed by atoms with Crippen molar-refractivity contribution in [3.05, 3.63) is 136 Å². The molecule has 0 atom stereocenters. The maximum absolute atomic E-state index is 12.6. The number of ether oxygens (including phenoxy) is 2. The second kappa shape index (κ2) is 19.4. The zero-order valence-electron chi connectivity index (χ0n) is 30.4. The molecule has 4 aromatic heterocycles. The van der Waals surface area contributed by atoms with Crippen molar-refractivity contribution in [2.75, 3.05) is 13.2 Å². The lowest BCUT2D eigenvalue weighted by molar-refractivity contribution is -0.146. The standard InChI is InChI=1S/C22H20ClN3O2.C18H14ClF3N4O4/c23-17-9-7-15(8-10-17)20-12-16(13-26-22(20)28-19-5-3-6-19)21(27)25-14-18-4-1-2-11-24-18;19-12-3-1-10(2-4-12)13-7-11(8-24-16(13)29-6-5-27)15(28)23-9-14-25-17(26-30-14)18(20,21)22/h1-2,4,7-13,19H,3,5-6,14H2,(H,25,27);1-4,7-8,27H,5-6,9H2,(H,23,28). The number of halogens is 5. The Bertz CT molecular complexity index is 2310. The number of benzene rings is 2. The molecule has 0 bridgehead atoms. The molecule has 0 aliphatic heterocycles. The first kappa shape index (κ1) is 41.5. The highest BCUT2D eigenvalue weighted by Gasteiger charge is 2.37. The van der Waals surface area contributed by atoms with Crippen molar-refractivity contribution in [1.82, 2.24) is 35.7 Å². The molecule has 3 N–H and O–H groups in total. The lowest BCUT2D eigenvalue weighted by Gasteiger charge is -2.26. The predicted octanol–water partition coefficient (Wildman–Crippen LogP) is 7.76. The monoisotopic (exact) mass is 835 g/mol. The van der Waals surface area contributed by atoms with Gasteiger partial charge >= 0.3 is 6.18 Å². The summed E-state index contributed by atoms with van der Waals surface area (Å²) >= 11 is 11.9. The number of hydrogen-bond acceptors (Lipinski definition) is 11. The van der Waals surface area contributed by atoms with Gasteiger partial charge < -0.3 is 29.7 Å². The number of hydrogen-bond donors (Lipinski definition) is 3. The molecule has 1 fully saturated rings. The Morgan fingerprint density at radius 2 is 1.40 bits per heavy atom. The van der Waals surface area contributed by atoms with Crippen LogP contribution in [0.1, 0.15) is 57.4 Å². The van der Waals surface area contributed by atoms with Gasteiger partial charge in [0.05, 0.1) is 36.5 Å². The first-order valence-electron chi connectivity index (χ1n) is 17.7. The van der Waals surface area contributed by atoms with Crippen molar-refractivity contribution in [3.8, 4) is 34.0 Å². The van der Waals surface area contributed by atoms with Crippen LogP contribution >= 0.6 is 23.2 Å². The molecule has 0 spiro atoms. The van der Waals surface area contributed by atoms with E-state index in [1.54, 1.807) is 36.7 Å². The average Bonchev–Trinajstić information content (AvgIpc) is 3.71. The van der Waals surface area contributed by atoms with Gasteiger partial charge in [0.1, 0.15) is 12.7 Å². The van der Waals surface area contributed by atoms with Gasteiger partial charge in [-0.3, -0.25) is 14.6 Å². The van der Waals surface area contributed by atoms with Crippen LogP contribution in [0.3, 0.4) is 0 Å². The van der Waals surface area contributed by atoms with Gasteiger partial charge in [-0.05, 0) is 78.9 Å². The fraction of sp³-hybridized carbons (Fsp3) is 0.225. The number of alkyl halides is 3. The normalized spacial score (nSPS) is 12.4. The van der Waals surface area contributed by atoms with Crippen LogP contribution in [0.2, 0.25) is 10.0 Å². The highest BCUT2D eigenvalue weighted by Crippen LogP contribution is 2.34. The van der Waals surface area contributed by atoms with E-state index in [1.165, 1.54) is 18.7 Å². The Kier molecular flexibility index (Phi) is 13.9.